The summed E-state index contributed by atoms with van der Waals surface area (Å²) >= 11 is 0. The number of nitrogens with one attached hydrogen (secondary N) is 1. The van der Waals surface area contributed by atoms with Crippen molar-refractivity contribution in [2.24, 2.45) is 7.05 Å². The minimum Gasteiger partial charge on any atom is -0.433 e. The van der Waals surface area contributed by atoms with Crippen LogP contribution < -0.4 is 15.8 Å². The normalized spacial score (nSPS) is 10.7. The molecule has 8 heteroatoms. The maximum absolute atomic E-state index is 12.3. The summed E-state index contributed by atoms with van der Waals surface area (Å²) in [7, 11) is 1.57. The lowest BCUT2D eigenvalue weighted by Crippen LogP contribution is -2.18. The van der Waals surface area contributed by atoms with E-state index in [1.807, 2.05) is 0 Å². The molecule has 0 atom stereocenters. The fourth-order valence-corrected chi connectivity index (χ4v) is 1.89. The Kier molecular flexibility index (Phi) is 4.06. The topological polar surface area (TPSA) is 82.2 Å². The molecule has 0 saturated carbocycles. The van der Waals surface area contributed by atoms with Crippen LogP contribution in [0.3, 0.4) is 0 Å². The first kappa shape index (κ1) is 14.8. The number of rotatable bonds is 4. The molecule has 1 heterocycles. The molecule has 0 spiro atoms. The van der Waals surface area contributed by atoms with E-state index in [0.29, 0.717) is 5.69 Å². The molecule has 6 nitrogen and oxygen atoms in total. The highest BCUT2D eigenvalue weighted by Gasteiger charge is 2.19. The Labute approximate surface area is 119 Å². The van der Waals surface area contributed by atoms with Crippen LogP contribution in [-0.2, 0) is 7.05 Å². The van der Waals surface area contributed by atoms with Crippen LogP contribution in [0.1, 0.15) is 16.2 Å². The number of aryl methyl sites for hydroxylation is 2. The van der Waals surface area contributed by atoms with Crippen LogP contribution in [0.15, 0.2) is 24.3 Å². The summed E-state index contributed by atoms with van der Waals surface area (Å²) in [6, 6.07) is 5.90. The maximum atomic E-state index is 12.3. The first-order valence-corrected chi connectivity index (χ1v) is 6.04. The van der Waals surface area contributed by atoms with E-state index in [4.69, 9.17) is 5.73 Å². The first-order valence-electron chi connectivity index (χ1n) is 6.04. The third kappa shape index (κ3) is 3.10. The summed E-state index contributed by atoms with van der Waals surface area (Å²) in [6.45, 7) is -1.31. The lowest BCUT2D eigenvalue weighted by molar-refractivity contribution is -0.0493. The van der Waals surface area contributed by atoms with Crippen LogP contribution in [0.4, 0.5) is 20.2 Å². The number of hydrogen-bond acceptors (Lipinski definition) is 4. The van der Waals surface area contributed by atoms with Crippen LogP contribution in [0.5, 0.6) is 5.75 Å². The van der Waals surface area contributed by atoms with Crippen LogP contribution in [0.2, 0.25) is 0 Å². The summed E-state index contributed by atoms with van der Waals surface area (Å²) in [4.78, 5) is 12.2. The highest BCUT2D eigenvalue weighted by molar-refractivity contribution is 6.07. The molecular weight excluding hydrogens is 282 g/mol. The first-order chi connectivity index (χ1) is 9.90. The standard InChI is InChI=1S/C13H14F2N4O2/c1-7-10(16)11(19(2)18-7)12(20)17-8-5-3-4-6-9(8)21-13(14)15/h3-6,13H,16H2,1-2H3,(H,17,20). The van der Waals surface area contributed by atoms with Crippen LogP contribution in [0, 0.1) is 6.92 Å². The zero-order valence-corrected chi connectivity index (χ0v) is 11.4. The van der Waals surface area contributed by atoms with Gasteiger partial charge in [0.1, 0.15) is 11.4 Å². The van der Waals surface area contributed by atoms with Gasteiger partial charge in [-0.05, 0) is 19.1 Å². The molecule has 0 unspecified atom stereocenters. The zero-order chi connectivity index (χ0) is 15.6. The Morgan fingerprint density at radius 3 is 2.67 bits per heavy atom. The molecule has 1 aromatic carbocycles. The second-order valence-electron chi connectivity index (χ2n) is 4.30. The van der Waals surface area contributed by atoms with E-state index in [0.717, 1.165) is 0 Å². The average Bonchev–Trinajstić information content (AvgIpc) is 2.65. The number of para-hydroxylation sites is 2. The van der Waals surface area contributed by atoms with Crippen molar-refractivity contribution in [1.82, 2.24) is 9.78 Å². The van der Waals surface area contributed by atoms with Gasteiger partial charge in [-0.25, -0.2) is 0 Å². The van der Waals surface area contributed by atoms with E-state index in [2.05, 4.69) is 15.2 Å². The third-order valence-corrected chi connectivity index (χ3v) is 2.83. The Morgan fingerprint density at radius 1 is 1.43 bits per heavy atom. The number of amides is 1. The smallest absolute Gasteiger partial charge is 0.387 e. The molecule has 0 saturated heterocycles. The van der Waals surface area contributed by atoms with Gasteiger partial charge in [-0.1, -0.05) is 12.1 Å². The molecule has 0 aliphatic rings. The van der Waals surface area contributed by atoms with E-state index in [9.17, 15) is 13.6 Å². The lowest BCUT2D eigenvalue weighted by Gasteiger charge is -2.12. The highest BCUT2D eigenvalue weighted by atomic mass is 19.3. The Bertz CT molecular complexity index is 670. The monoisotopic (exact) mass is 296 g/mol. The van der Waals surface area contributed by atoms with Crippen molar-refractivity contribution in [2.75, 3.05) is 11.1 Å². The number of carbonyl (C=O) groups is 1. The molecule has 1 aromatic heterocycles. The molecule has 0 aliphatic heterocycles. The van der Waals surface area contributed by atoms with Crippen molar-refractivity contribution in [2.45, 2.75) is 13.5 Å². The summed E-state index contributed by atoms with van der Waals surface area (Å²) in [6.07, 6.45) is 0. The van der Waals surface area contributed by atoms with Gasteiger partial charge < -0.3 is 15.8 Å². The fraction of sp³-hybridized carbons (Fsp3) is 0.231. The predicted octanol–water partition coefficient (Wildman–Crippen LogP) is 2.16. The quantitative estimate of drug-likeness (QED) is 0.905. The van der Waals surface area contributed by atoms with Crippen molar-refractivity contribution in [3.63, 3.8) is 0 Å². The number of nitrogens with two attached hydrogens (primary N) is 1. The second kappa shape index (κ2) is 5.78. The maximum Gasteiger partial charge on any atom is 0.387 e. The number of ether oxygens (including phenoxy) is 1. The highest BCUT2D eigenvalue weighted by Crippen LogP contribution is 2.26. The number of aromatic nitrogens is 2. The zero-order valence-electron chi connectivity index (χ0n) is 11.4. The van der Waals surface area contributed by atoms with E-state index < -0.39 is 12.5 Å². The molecular formula is C13H14F2N4O2. The van der Waals surface area contributed by atoms with E-state index in [1.165, 1.54) is 22.9 Å². The number of halogens is 2. The number of anilines is 2. The van der Waals surface area contributed by atoms with Gasteiger partial charge in [0.05, 0.1) is 17.1 Å². The van der Waals surface area contributed by atoms with Crippen molar-refractivity contribution < 1.29 is 18.3 Å². The number of alkyl halides is 2. The Morgan fingerprint density at radius 2 is 2.10 bits per heavy atom. The molecule has 0 bridgehead atoms. The van der Waals surface area contributed by atoms with Crippen molar-refractivity contribution in [3.05, 3.63) is 35.7 Å². The van der Waals surface area contributed by atoms with Crippen molar-refractivity contribution in [1.29, 1.82) is 0 Å². The molecule has 21 heavy (non-hydrogen) atoms. The predicted molar refractivity (Wildman–Crippen MR) is 73.4 cm³/mol. The number of hydrogen-bond donors (Lipinski definition) is 2. The van der Waals surface area contributed by atoms with Gasteiger partial charge in [0.15, 0.2) is 0 Å². The Hall–Kier alpha value is -2.64. The molecule has 112 valence electrons. The van der Waals surface area contributed by atoms with Gasteiger partial charge in [0.2, 0.25) is 0 Å². The van der Waals surface area contributed by atoms with E-state index in [1.54, 1.807) is 20.0 Å². The number of nitrogens with zero attached hydrogens (tertiary/aromatic N) is 2. The van der Waals surface area contributed by atoms with Crippen LogP contribution in [0.25, 0.3) is 0 Å². The fourth-order valence-electron chi connectivity index (χ4n) is 1.89. The van der Waals surface area contributed by atoms with Gasteiger partial charge in [0, 0.05) is 7.05 Å². The number of carbonyl (C=O) groups excluding carboxylic acids is 1. The van der Waals surface area contributed by atoms with Crippen LogP contribution in [-0.4, -0.2) is 22.3 Å². The summed E-state index contributed by atoms with van der Waals surface area (Å²) in [5.41, 5.74) is 6.81. The summed E-state index contributed by atoms with van der Waals surface area (Å²) in [5, 5.41) is 6.51. The van der Waals surface area contributed by atoms with Crippen molar-refractivity contribution in [3.8, 4) is 5.75 Å². The molecule has 0 aliphatic carbocycles. The van der Waals surface area contributed by atoms with Gasteiger partial charge in [-0.3, -0.25) is 9.48 Å². The minimum atomic E-state index is -2.98. The largest absolute Gasteiger partial charge is 0.433 e. The molecule has 1 amide bonds. The molecule has 0 fully saturated rings. The van der Waals surface area contributed by atoms with Crippen LogP contribution >= 0.6 is 0 Å². The lowest BCUT2D eigenvalue weighted by atomic mass is 10.2. The third-order valence-electron chi connectivity index (χ3n) is 2.83. The van der Waals surface area contributed by atoms with Gasteiger partial charge in [-0.2, -0.15) is 13.9 Å². The molecule has 3 N–H and O–H groups in total. The van der Waals surface area contributed by atoms with Gasteiger partial charge in [-0.15, -0.1) is 0 Å². The number of nitrogen functional groups attached to an aromatic ring is 1. The van der Waals surface area contributed by atoms with Gasteiger partial charge >= 0.3 is 6.61 Å². The summed E-state index contributed by atoms with van der Waals surface area (Å²) < 4.78 is 30.3. The minimum absolute atomic E-state index is 0.126. The average molecular weight is 296 g/mol. The second-order valence-corrected chi connectivity index (χ2v) is 4.30. The Balaban J connectivity index is 2.28. The molecule has 0 radical (unpaired) electrons. The van der Waals surface area contributed by atoms with E-state index >= 15 is 0 Å². The molecule has 2 rings (SSSR count). The van der Waals surface area contributed by atoms with E-state index in [-0.39, 0.29) is 22.8 Å². The van der Waals surface area contributed by atoms with Gasteiger partial charge in [0.25, 0.3) is 5.91 Å². The molecule has 2 aromatic rings. The SMILES string of the molecule is Cc1nn(C)c(C(=O)Nc2ccccc2OC(F)F)c1N. The van der Waals surface area contributed by atoms with Crippen molar-refractivity contribution >= 4 is 17.3 Å². The summed E-state index contributed by atoms with van der Waals surface area (Å²) in [5.74, 6) is -0.681. The number of benzene rings is 1.